The van der Waals surface area contributed by atoms with Gasteiger partial charge in [0.2, 0.25) is 0 Å². The fourth-order valence-electron chi connectivity index (χ4n) is 3.90. The molecule has 31 heavy (non-hydrogen) atoms. The average molecular weight is 439 g/mol. The van der Waals surface area contributed by atoms with Gasteiger partial charge in [-0.05, 0) is 56.2 Å². The molecule has 6 nitrogen and oxygen atoms in total. The number of benzene rings is 2. The van der Waals surface area contributed by atoms with Crippen LogP contribution in [0.4, 0.5) is 5.69 Å². The summed E-state index contributed by atoms with van der Waals surface area (Å²) >= 11 is 6.20. The highest BCUT2D eigenvalue weighted by molar-refractivity contribution is 6.48. The molecule has 1 fully saturated rings. The van der Waals surface area contributed by atoms with Gasteiger partial charge in [-0.25, -0.2) is 4.79 Å². The second kappa shape index (κ2) is 8.94. The third kappa shape index (κ3) is 4.49. The van der Waals surface area contributed by atoms with E-state index in [1.54, 1.807) is 36.4 Å². The Labute approximate surface area is 185 Å². The topological polar surface area (TPSA) is 75.7 Å². The second-order valence-corrected chi connectivity index (χ2v) is 8.24. The number of anilines is 1. The lowest BCUT2D eigenvalue weighted by molar-refractivity contribution is -0.140. The van der Waals surface area contributed by atoms with Crippen LogP contribution in [0, 0.1) is 6.92 Å². The van der Waals surface area contributed by atoms with Gasteiger partial charge in [0, 0.05) is 11.7 Å². The number of ether oxygens (including phenoxy) is 1. The van der Waals surface area contributed by atoms with Crippen LogP contribution in [-0.2, 0) is 9.59 Å². The zero-order valence-electron chi connectivity index (χ0n) is 17.2. The Hall–Kier alpha value is -3.12. The zero-order valence-corrected chi connectivity index (χ0v) is 17.9. The van der Waals surface area contributed by atoms with Gasteiger partial charge in [-0.3, -0.25) is 14.5 Å². The Morgan fingerprint density at radius 2 is 1.61 bits per heavy atom. The SMILES string of the molecule is Cc1ccc(OC(=O)c2ccc(NC3=C(Cl)C(=O)N(C4CCCCC4)C3=O)cc2)cc1. The minimum Gasteiger partial charge on any atom is -0.423 e. The lowest BCUT2D eigenvalue weighted by Crippen LogP contribution is -2.42. The van der Waals surface area contributed by atoms with Crippen LogP contribution in [0.5, 0.6) is 5.75 Å². The third-order valence-electron chi connectivity index (χ3n) is 5.62. The number of imide groups is 1. The molecular formula is C24H23ClN2O4. The van der Waals surface area contributed by atoms with Crippen molar-refractivity contribution in [3.8, 4) is 5.75 Å². The summed E-state index contributed by atoms with van der Waals surface area (Å²) in [7, 11) is 0. The van der Waals surface area contributed by atoms with Crippen LogP contribution in [0.1, 0.15) is 48.0 Å². The molecule has 0 bridgehead atoms. The molecule has 160 valence electrons. The van der Waals surface area contributed by atoms with Gasteiger partial charge in [0.15, 0.2) is 0 Å². The quantitative estimate of drug-likeness (QED) is 0.413. The Kier molecular flexibility index (Phi) is 6.09. The van der Waals surface area contributed by atoms with Crippen molar-refractivity contribution >= 4 is 35.1 Å². The molecule has 4 rings (SSSR count). The van der Waals surface area contributed by atoms with Crippen LogP contribution in [-0.4, -0.2) is 28.7 Å². The Morgan fingerprint density at radius 3 is 2.26 bits per heavy atom. The van der Waals surface area contributed by atoms with E-state index < -0.39 is 17.8 Å². The molecule has 1 aliphatic carbocycles. The molecule has 0 saturated heterocycles. The summed E-state index contributed by atoms with van der Waals surface area (Å²) in [5, 5.41) is 2.85. The van der Waals surface area contributed by atoms with Gasteiger partial charge < -0.3 is 10.1 Å². The molecule has 1 N–H and O–H groups in total. The maximum Gasteiger partial charge on any atom is 0.343 e. The summed E-state index contributed by atoms with van der Waals surface area (Å²) in [5.41, 5.74) is 2.06. The monoisotopic (exact) mass is 438 g/mol. The normalized spacial score (nSPS) is 17.3. The molecule has 0 spiro atoms. The zero-order chi connectivity index (χ0) is 22.0. The summed E-state index contributed by atoms with van der Waals surface area (Å²) in [6.45, 7) is 1.95. The molecule has 0 aromatic heterocycles. The molecule has 2 amide bonds. The summed E-state index contributed by atoms with van der Waals surface area (Å²) in [5.74, 6) is -0.861. The van der Waals surface area contributed by atoms with Crippen LogP contribution in [0.15, 0.2) is 59.3 Å². The van der Waals surface area contributed by atoms with E-state index in [0.717, 1.165) is 37.7 Å². The number of hydrogen-bond donors (Lipinski definition) is 1. The van der Waals surface area contributed by atoms with Gasteiger partial charge in [-0.1, -0.05) is 48.6 Å². The molecular weight excluding hydrogens is 416 g/mol. The van der Waals surface area contributed by atoms with Crippen LogP contribution in [0.25, 0.3) is 0 Å². The van der Waals surface area contributed by atoms with Crippen LogP contribution in [0.2, 0.25) is 0 Å². The summed E-state index contributed by atoms with van der Waals surface area (Å²) in [6, 6.07) is 13.6. The Bertz CT molecular complexity index is 1040. The number of carbonyl (C=O) groups is 3. The Morgan fingerprint density at radius 1 is 0.968 bits per heavy atom. The number of esters is 1. The molecule has 0 radical (unpaired) electrons. The van der Waals surface area contributed by atoms with Gasteiger partial charge >= 0.3 is 5.97 Å². The fourth-order valence-corrected chi connectivity index (χ4v) is 4.12. The number of hydrogen-bond acceptors (Lipinski definition) is 5. The number of halogens is 1. The van der Waals surface area contributed by atoms with Gasteiger partial charge in [-0.15, -0.1) is 0 Å². The standard InChI is InChI=1S/C24H23ClN2O4/c1-15-7-13-19(14-8-15)31-24(30)16-9-11-17(12-10-16)26-21-20(25)22(28)27(23(21)29)18-5-3-2-4-6-18/h7-14,18,26H,2-6H2,1H3. The van der Waals surface area contributed by atoms with Crippen molar-refractivity contribution in [2.75, 3.05) is 5.32 Å². The third-order valence-corrected chi connectivity index (χ3v) is 5.97. The fraction of sp³-hybridized carbons (Fsp3) is 0.292. The molecule has 2 aromatic carbocycles. The smallest absolute Gasteiger partial charge is 0.343 e. The first kappa shape index (κ1) is 21.1. The number of rotatable bonds is 5. The summed E-state index contributed by atoms with van der Waals surface area (Å²) in [4.78, 5) is 39.1. The number of carbonyl (C=O) groups excluding carboxylic acids is 3. The first-order valence-electron chi connectivity index (χ1n) is 10.4. The van der Waals surface area contributed by atoms with Crippen molar-refractivity contribution in [3.63, 3.8) is 0 Å². The van der Waals surface area contributed by atoms with E-state index in [0.29, 0.717) is 17.0 Å². The molecule has 7 heteroatoms. The summed E-state index contributed by atoms with van der Waals surface area (Å²) < 4.78 is 5.36. The molecule has 2 aromatic rings. The minimum atomic E-state index is -0.483. The van der Waals surface area contributed by atoms with Gasteiger partial charge in [0.05, 0.1) is 5.56 Å². The van der Waals surface area contributed by atoms with E-state index in [-0.39, 0.29) is 16.8 Å². The molecule has 0 unspecified atom stereocenters. The van der Waals surface area contributed by atoms with Crippen LogP contribution in [0.3, 0.4) is 0 Å². The van der Waals surface area contributed by atoms with Gasteiger partial charge in [0.25, 0.3) is 11.8 Å². The first-order valence-corrected chi connectivity index (χ1v) is 10.8. The van der Waals surface area contributed by atoms with Gasteiger partial charge in [0.1, 0.15) is 16.5 Å². The molecule has 1 saturated carbocycles. The Balaban J connectivity index is 1.43. The van der Waals surface area contributed by atoms with Crippen molar-refractivity contribution in [2.24, 2.45) is 0 Å². The van der Waals surface area contributed by atoms with Crippen LogP contribution < -0.4 is 10.1 Å². The maximum atomic E-state index is 12.9. The largest absolute Gasteiger partial charge is 0.423 e. The number of nitrogens with zero attached hydrogens (tertiary/aromatic N) is 1. The lowest BCUT2D eigenvalue weighted by atomic mass is 9.94. The number of nitrogens with one attached hydrogen (secondary N) is 1. The summed E-state index contributed by atoms with van der Waals surface area (Å²) in [6.07, 6.45) is 4.75. The van der Waals surface area contributed by atoms with Crippen LogP contribution >= 0.6 is 11.6 Å². The number of aryl methyl sites for hydroxylation is 1. The highest BCUT2D eigenvalue weighted by Gasteiger charge is 2.42. The molecule has 1 heterocycles. The second-order valence-electron chi connectivity index (χ2n) is 7.87. The van der Waals surface area contributed by atoms with E-state index in [4.69, 9.17) is 16.3 Å². The highest BCUT2D eigenvalue weighted by Crippen LogP contribution is 2.32. The first-order chi connectivity index (χ1) is 14.9. The van der Waals surface area contributed by atoms with E-state index in [9.17, 15) is 14.4 Å². The average Bonchev–Trinajstić information content (AvgIpc) is 2.99. The van der Waals surface area contributed by atoms with Crippen molar-refractivity contribution in [3.05, 3.63) is 70.4 Å². The lowest BCUT2D eigenvalue weighted by Gasteiger charge is -2.29. The van der Waals surface area contributed by atoms with E-state index in [1.807, 2.05) is 19.1 Å². The predicted molar refractivity (Wildman–Crippen MR) is 118 cm³/mol. The van der Waals surface area contributed by atoms with E-state index in [2.05, 4.69) is 5.32 Å². The van der Waals surface area contributed by atoms with E-state index >= 15 is 0 Å². The van der Waals surface area contributed by atoms with E-state index in [1.165, 1.54) is 4.90 Å². The van der Waals surface area contributed by atoms with Crippen molar-refractivity contribution in [1.29, 1.82) is 0 Å². The highest BCUT2D eigenvalue weighted by atomic mass is 35.5. The maximum absolute atomic E-state index is 12.9. The van der Waals surface area contributed by atoms with Crippen molar-refractivity contribution < 1.29 is 19.1 Å². The minimum absolute atomic E-state index is 0.0761. The predicted octanol–water partition coefficient (Wildman–Crippen LogP) is 4.78. The molecule has 2 aliphatic rings. The van der Waals surface area contributed by atoms with Crippen molar-refractivity contribution in [2.45, 2.75) is 45.1 Å². The molecule has 0 atom stereocenters. The molecule has 1 aliphatic heterocycles. The van der Waals surface area contributed by atoms with Crippen molar-refractivity contribution in [1.82, 2.24) is 4.90 Å². The van der Waals surface area contributed by atoms with Gasteiger partial charge in [-0.2, -0.15) is 0 Å². The number of amides is 2.